The number of amidine groups is 1. The molecule has 1 aromatic carbocycles. The first-order valence-electron chi connectivity index (χ1n) is 10.7. The monoisotopic (exact) mass is 446 g/mol. The van der Waals surface area contributed by atoms with Crippen molar-refractivity contribution < 1.29 is 0 Å². The highest BCUT2D eigenvalue weighted by molar-refractivity contribution is 8.17. The van der Waals surface area contributed by atoms with Crippen molar-refractivity contribution in [3.63, 3.8) is 0 Å². The number of thioether (sulfide) groups is 1. The van der Waals surface area contributed by atoms with Gasteiger partial charge in [-0.05, 0) is 49.1 Å². The average molecular weight is 447 g/mol. The minimum absolute atomic E-state index is 0.551. The van der Waals surface area contributed by atoms with Crippen LogP contribution in [0.25, 0.3) is 22.0 Å². The fourth-order valence-corrected chi connectivity index (χ4v) is 4.52. The van der Waals surface area contributed by atoms with Crippen molar-refractivity contribution in [2.75, 3.05) is 13.1 Å². The largest absolute Gasteiger partial charge is 0.322 e. The summed E-state index contributed by atoms with van der Waals surface area (Å²) >= 11 is 1.57. The third-order valence-electron chi connectivity index (χ3n) is 5.63. The quantitative estimate of drug-likeness (QED) is 0.250. The molecule has 1 fully saturated rings. The molecular weight excluding hydrogens is 420 g/mol. The maximum absolute atomic E-state index is 5.76. The Morgan fingerprint density at radius 1 is 1.28 bits per heavy atom. The van der Waals surface area contributed by atoms with Crippen LogP contribution in [-0.4, -0.2) is 43.7 Å². The van der Waals surface area contributed by atoms with Gasteiger partial charge in [0.1, 0.15) is 5.04 Å². The molecule has 1 saturated carbocycles. The minimum atomic E-state index is 0.551. The number of aryl methyl sites for hydroxylation is 1. The molecule has 1 aliphatic heterocycles. The number of hydrazone groups is 2. The molecule has 164 valence electrons. The van der Waals surface area contributed by atoms with Gasteiger partial charge in [-0.2, -0.15) is 15.3 Å². The molecule has 2 aliphatic rings. The summed E-state index contributed by atoms with van der Waals surface area (Å²) in [6.07, 6.45) is 8.93. The lowest BCUT2D eigenvalue weighted by Gasteiger charge is -2.16. The summed E-state index contributed by atoms with van der Waals surface area (Å²) in [7, 11) is 1.91. The van der Waals surface area contributed by atoms with E-state index in [0.717, 1.165) is 56.7 Å². The van der Waals surface area contributed by atoms with Crippen LogP contribution in [0, 0.1) is 5.92 Å². The van der Waals surface area contributed by atoms with Crippen LogP contribution in [0.15, 0.2) is 64.7 Å². The Hall–Kier alpha value is -3.17. The number of benzene rings is 1. The minimum Gasteiger partial charge on any atom is -0.322 e. The third-order valence-corrected chi connectivity index (χ3v) is 6.50. The van der Waals surface area contributed by atoms with Gasteiger partial charge in [0.05, 0.1) is 16.7 Å². The Kier molecular flexibility index (Phi) is 5.67. The van der Waals surface area contributed by atoms with Crippen molar-refractivity contribution in [1.82, 2.24) is 25.1 Å². The van der Waals surface area contributed by atoms with Crippen LogP contribution >= 0.6 is 11.8 Å². The van der Waals surface area contributed by atoms with Gasteiger partial charge in [-0.25, -0.2) is 5.01 Å². The molecule has 0 radical (unpaired) electrons. The average Bonchev–Trinajstić information content (AvgIpc) is 3.40. The van der Waals surface area contributed by atoms with Crippen molar-refractivity contribution in [1.29, 1.82) is 0 Å². The molecule has 0 spiro atoms. The fourth-order valence-electron chi connectivity index (χ4n) is 3.72. The van der Waals surface area contributed by atoms with E-state index in [1.54, 1.807) is 21.5 Å². The molecule has 32 heavy (non-hydrogen) atoms. The predicted molar refractivity (Wildman–Crippen MR) is 131 cm³/mol. The molecule has 0 bridgehead atoms. The van der Waals surface area contributed by atoms with E-state index in [4.69, 9.17) is 10.9 Å². The van der Waals surface area contributed by atoms with Crippen LogP contribution in [-0.2, 0) is 13.5 Å². The Bertz CT molecular complexity index is 1220. The second-order valence-corrected chi connectivity index (χ2v) is 9.40. The van der Waals surface area contributed by atoms with E-state index < -0.39 is 0 Å². The molecule has 8 nitrogen and oxygen atoms in total. The summed E-state index contributed by atoms with van der Waals surface area (Å²) in [6, 6.07) is 8.34. The van der Waals surface area contributed by atoms with Gasteiger partial charge in [0.2, 0.25) is 0 Å². The Morgan fingerprint density at radius 2 is 2.16 bits per heavy atom. The molecule has 3 N–H and O–H groups in total. The third kappa shape index (κ3) is 4.53. The standard InChI is InChI=1S/C23H26N8S/c1-15-31(29-23(32-15)13-25-10-16-3-4-16)22(28-24)8-17-5-6-21-18(7-17)9-19(11-26-21)20-12-27-30(2)14-20/h5-7,9,11-12,14,16,25H,1,3-4,8,10,13,24H2,2H3/b28-22-. The zero-order chi connectivity index (χ0) is 22.1. The van der Waals surface area contributed by atoms with E-state index in [2.05, 4.69) is 45.3 Å². The Morgan fingerprint density at radius 3 is 2.91 bits per heavy atom. The lowest BCUT2D eigenvalue weighted by molar-refractivity contribution is 0.582. The number of hydrogen-bond donors (Lipinski definition) is 2. The summed E-state index contributed by atoms with van der Waals surface area (Å²) in [5.41, 5.74) is 4.10. The maximum atomic E-state index is 5.76. The highest BCUT2D eigenvalue weighted by Gasteiger charge is 2.25. The summed E-state index contributed by atoms with van der Waals surface area (Å²) in [6.45, 7) is 5.94. The summed E-state index contributed by atoms with van der Waals surface area (Å²) in [5, 5.41) is 21.1. The molecule has 3 heterocycles. The van der Waals surface area contributed by atoms with Crippen molar-refractivity contribution in [3.8, 4) is 11.1 Å². The molecule has 5 rings (SSSR count). The van der Waals surface area contributed by atoms with E-state index in [9.17, 15) is 0 Å². The molecule has 9 heteroatoms. The van der Waals surface area contributed by atoms with Gasteiger partial charge >= 0.3 is 0 Å². The number of hydrogen-bond acceptors (Lipinski definition) is 7. The van der Waals surface area contributed by atoms with Crippen LogP contribution in [0.2, 0.25) is 0 Å². The van der Waals surface area contributed by atoms with Crippen LogP contribution in [0.3, 0.4) is 0 Å². The van der Waals surface area contributed by atoms with Crippen LogP contribution in [0.5, 0.6) is 0 Å². The van der Waals surface area contributed by atoms with E-state index in [1.807, 2.05) is 31.7 Å². The first kappa shape index (κ1) is 20.7. The molecular formula is C23H26N8S. The van der Waals surface area contributed by atoms with Gasteiger partial charge in [-0.15, -0.1) is 0 Å². The van der Waals surface area contributed by atoms with Crippen molar-refractivity contribution in [2.24, 2.45) is 29.0 Å². The SMILES string of the molecule is C=C1SC(CNCC2CC2)=NN1/C(Cc1ccc2ncc(-c3cnn(C)c3)cc2c1)=N\N. The van der Waals surface area contributed by atoms with E-state index in [1.165, 1.54) is 12.8 Å². The smallest absolute Gasteiger partial charge is 0.155 e. The maximum Gasteiger partial charge on any atom is 0.155 e. The van der Waals surface area contributed by atoms with Crippen molar-refractivity contribution in [2.45, 2.75) is 19.3 Å². The Balaban J connectivity index is 1.32. The topological polar surface area (TPSA) is 96.7 Å². The second-order valence-electron chi connectivity index (χ2n) is 8.25. The van der Waals surface area contributed by atoms with Gasteiger partial charge < -0.3 is 11.2 Å². The predicted octanol–water partition coefficient (Wildman–Crippen LogP) is 3.28. The summed E-state index contributed by atoms with van der Waals surface area (Å²) in [5.74, 6) is 7.26. The lowest BCUT2D eigenvalue weighted by Crippen LogP contribution is -2.26. The van der Waals surface area contributed by atoms with E-state index >= 15 is 0 Å². The first-order chi connectivity index (χ1) is 15.6. The molecule has 0 amide bonds. The van der Waals surface area contributed by atoms with Gasteiger partial charge in [-0.1, -0.05) is 24.4 Å². The normalized spacial score (nSPS) is 16.8. The Labute approximate surface area is 191 Å². The van der Waals surface area contributed by atoms with Crippen LogP contribution in [0.1, 0.15) is 18.4 Å². The molecule has 3 aromatic rings. The van der Waals surface area contributed by atoms with Gasteiger partial charge in [0.15, 0.2) is 5.84 Å². The molecule has 0 saturated heterocycles. The van der Waals surface area contributed by atoms with Crippen LogP contribution in [0.4, 0.5) is 0 Å². The highest BCUT2D eigenvalue weighted by atomic mass is 32.2. The van der Waals surface area contributed by atoms with Crippen molar-refractivity contribution in [3.05, 3.63) is 60.0 Å². The highest BCUT2D eigenvalue weighted by Crippen LogP contribution is 2.31. The molecule has 2 aromatic heterocycles. The number of rotatable bonds is 7. The molecule has 0 unspecified atom stereocenters. The zero-order valence-corrected chi connectivity index (χ0v) is 18.8. The van der Waals surface area contributed by atoms with Gasteiger partial charge in [-0.3, -0.25) is 9.67 Å². The summed E-state index contributed by atoms with van der Waals surface area (Å²) in [4.78, 5) is 4.60. The van der Waals surface area contributed by atoms with E-state index in [0.29, 0.717) is 12.3 Å². The summed E-state index contributed by atoms with van der Waals surface area (Å²) < 4.78 is 1.79. The number of pyridine rings is 1. The molecule has 1 aliphatic carbocycles. The number of nitrogens with zero attached hydrogens (tertiary/aromatic N) is 6. The second kappa shape index (κ2) is 8.76. The lowest BCUT2D eigenvalue weighted by atomic mass is 10.0. The number of nitrogens with one attached hydrogen (secondary N) is 1. The number of nitrogens with two attached hydrogens (primary N) is 1. The van der Waals surface area contributed by atoms with E-state index in [-0.39, 0.29) is 0 Å². The number of aromatic nitrogens is 3. The van der Waals surface area contributed by atoms with Gasteiger partial charge in [0.25, 0.3) is 0 Å². The zero-order valence-electron chi connectivity index (χ0n) is 18.0. The molecule has 0 atom stereocenters. The first-order valence-corrected chi connectivity index (χ1v) is 11.5. The van der Waals surface area contributed by atoms with Crippen LogP contribution < -0.4 is 11.2 Å². The van der Waals surface area contributed by atoms with Gasteiger partial charge in [0, 0.05) is 48.9 Å². The fraction of sp³-hybridized carbons (Fsp3) is 0.304. The van der Waals surface area contributed by atoms with Crippen molar-refractivity contribution >= 4 is 33.5 Å². The number of fused-ring (bicyclic) bond motifs is 1.